The maximum absolute atomic E-state index is 11.4. The van der Waals surface area contributed by atoms with Gasteiger partial charge in [0.05, 0.1) is 0 Å². The third-order valence-corrected chi connectivity index (χ3v) is 3.76. The van der Waals surface area contributed by atoms with Crippen molar-refractivity contribution in [2.45, 2.75) is 71.2 Å². The summed E-state index contributed by atoms with van der Waals surface area (Å²) >= 11 is 0. The maximum Gasteiger partial charge on any atom is 0.325 e. The highest BCUT2D eigenvalue weighted by Gasteiger charge is 2.11. The average molecular weight is 375 g/mol. The van der Waals surface area contributed by atoms with E-state index in [9.17, 15) is 9.59 Å². The van der Waals surface area contributed by atoms with Crippen molar-refractivity contribution in [3.8, 4) is 0 Å². The zero-order valence-corrected chi connectivity index (χ0v) is 16.5. The van der Waals surface area contributed by atoms with Crippen LogP contribution in [0.5, 0.6) is 0 Å². The molecule has 0 saturated carbocycles. The van der Waals surface area contributed by atoms with Gasteiger partial charge in [0, 0.05) is 7.45 Å². The van der Waals surface area contributed by atoms with E-state index in [4.69, 9.17) is 6.48 Å². The number of allylic oxidation sites excluding steroid dienone is 9. The third-order valence-electron chi connectivity index (χ3n) is 3.76. The Labute approximate surface area is 165 Å². The highest BCUT2D eigenvalue weighted by molar-refractivity contribution is 5.91. The summed E-state index contributed by atoms with van der Waals surface area (Å²) < 4.78 is 7.09. The van der Waals surface area contributed by atoms with Crippen LogP contribution in [0.25, 0.3) is 0 Å². The van der Waals surface area contributed by atoms with E-state index in [1.165, 1.54) is 51.5 Å². The molecule has 0 bridgehead atoms. The summed E-state index contributed by atoms with van der Waals surface area (Å²) in [7, 11) is 0. The Morgan fingerprint density at radius 1 is 0.889 bits per heavy atom. The van der Waals surface area contributed by atoms with E-state index in [-0.39, 0.29) is 0 Å². The van der Waals surface area contributed by atoms with Crippen molar-refractivity contribution in [1.29, 1.82) is 0 Å². The molecule has 0 heterocycles. The molecule has 0 spiro atoms. The minimum atomic E-state index is -1.06. The molecule has 0 aromatic carbocycles. The molecule has 0 rings (SSSR count). The van der Waals surface area contributed by atoms with E-state index < -0.39 is 17.9 Å². The van der Waals surface area contributed by atoms with Gasteiger partial charge in [-0.05, 0) is 19.8 Å². The molecule has 2 N–H and O–H groups in total. The number of nitrogens with one attached hydrogen (secondary N) is 1. The van der Waals surface area contributed by atoms with Gasteiger partial charge in [-0.3, -0.25) is 9.59 Å². The van der Waals surface area contributed by atoms with Gasteiger partial charge in [0.1, 0.15) is 6.04 Å². The van der Waals surface area contributed by atoms with Gasteiger partial charge in [-0.2, -0.15) is 0 Å². The predicted octanol–water partition coefficient (Wildman–Crippen LogP) is 5.50. The number of aliphatic carboxylic acids is 1. The lowest BCUT2D eigenvalue weighted by Crippen LogP contribution is -2.37. The largest absolute Gasteiger partial charge is 0.480 e. The topological polar surface area (TPSA) is 66.4 Å². The highest BCUT2D eigenvalue weighted by Crippen LogP contribution is 2.08. The Kier molecular flexibility index (Phi) is 15.5. The number of carboxylic acids is 1. The van der Waals surface area contributed by atoms with Gasteiger partial charge in [0.25, 0.3) is 0 Å². The lowest BCUT2D eigenvalue weighted by Gasteiger charge is -2.05. The van der Waals surface area contributed by atoms with Gasteiger partial charge in [-0.15, -0.1) is 0 Å². The normalized spacial score (nSPS) is 14.0. The molecule has 0 radical (unpaired) electrons. The molecule has 150 valence electrons. The van der Waals surface area contributed by atoms with Crippen LogP contribution in [-0.4, -0.2) is 23.0 Å². The molecule has 0 saturated heterocycles. The van der Waals surface area contributed by atoms with Crippen LogP contribution in [-0.2, 0) is 9.59 Å². The van der Waals surface area contributed by atoms with Gasteiger partial charge >= 0.3 is 5.97 Å². The van der Waals surface area contributed by atoms with Crippen molar-refractivity contribution in [1.82, 2.24) is 5.32 Å². The van der Waals surface area contributed by atoms with Crippen molar-refractivity contribution >= 4 is 11.9 Å². The zero-order chi connectivity index (χ0) is 20.9. The first-order valence-electron chi connectivity index (χ1n) is 10.4. The molecule has 0 aromatic heterocycles. The van der Waals surface area contributed by atoms with Crippen LogP contribution in [0, 0.1) is 0 Å². The Hall–Kier alpha value is -2.36. The van der Waals surface area contributed by atoms with Gasteiger partial charge in [0.2, 0.25) is 5.91 Å². The smallest absolute Gasteiger partial charge is 0.325 e. The van der Waals surface area contributed by atoms with E-state index in [0.717, 1.165) is 12.8 Å². The Balaban J connectivity index is 3.70. The van der Waals surface area contributed by atoms with Crippen molar-refractivity contribution in [2.24, 2.45) is 0 Å². The van der Waals surface area contributed by atoms with E-state index in [1.54, 1.807) is 18.2 Å². The number of hydrogen-bond acceptors (Lipinski definition) is 2. The number of rotatable bonds is 15. The van der Waals surface area contributed by atoms with Crippen LogP contribution >= 0.6 is 0 Å². The fraction of sp³-hybridized carbons (Fsp3) is 0.478. The molecule has 0 unspecified atom stereocenters. The van der Waals surface area contributed by atoms with Crippen LogP contribution < -0.4 is 5.32 Å². The summed E-state index contributed by atoms with van der Waals surface area (Å²) in [5, 5.41) is 11.0. The molecule has 1 atom stereocenters. The van der Waals surface area contributed by atoms with Crippen LogP contribution in [0.3, 0.4) is 0 Å². The number of carboxylic acid groups (broad SMARTS) is 1. The first kappa shape index (κ1) is 22.7. The molecule has 4 heteroatoms. The predicted molar refractivity (Wildman–Crippen MR) is 114 cm³/mol. The number of hydrogen-bond donors (Lipinski definition) is 2. The SMILES string of the molecule is [2H]CCCCCCCCCC=CC=CC=CC=CC=CC(=O)N[C@@H](C)C(=O)O. The van der Waals surface area contributed by atoms with Crippen molar-refractivity contribution in [3.63, 3.8) is 0 Å². The summed E-state index contributed by atoms with van der Waals surface area (Å²) in [6.07, 6.45) is 28.0. The minimum absolute atomic E-state index is 0.433. The van der Waals surface area contributed by atoms with E-state index in [2.05, 4.69) is 17.5 Å². The second-order valence-electron chi connectivity index (χ2n) is 6.27. The average Bonchev–Trinajstić information content (AvgIpc) is 2.66. The van der Waals surface area contributed by atoms with E-state index >= 15 is 0 Å². The molecule has 0 aliphatic heterocycles. The molecule has 0 aliphatic rings. The van der Waals surface area contributed by atoms with E-state index in [1.807, 2.05) is 24.3 Å². The molecule has 0 aromatic rings. The minimum Gasteiger partial charge on any atom is -0.480 e. The molecule has 0 aliphatic carbocycles. The van der Waals surface area contributed by atoms with Crippen LogP contribution in [0.15, 0.2) is 60.8 Å². The quantitative estimate of drug-likeness (QED) is 0.226. The number of carbonyl (C=O) groups is 2. The molecule has 0 fully saturated rings. The molecule has 27 heavy (non-hydrogen) atoms. The lowest BCUT2D eigenvalue weighted by molar-refractivity contribution is -0.140. The number of carbonyl (C=O) groups excluding carboxylic acids is 1. The second-order valence-corrected chi connectivity index (χ2v) is 6.27. The maximum atomic E-state index is 11.4. The molecule has 1 amide bonds. The van der Waals surface area contributed by atoms with Gasteiger partial charge in [0.15, 0.2) is 0 Å². The summed E-state index contributed by atoms with van der Waals surface area (Å²) in [5.41, 5.74) is 0. The van der Waals surface area contributed by atoms with Gasteiger partial charge in [-0.1, -0.05) is 100 Å². The van der Waals surface area contributed by atoms with E-state index in [0.29, 0.717) is 6.90 Å². The third kappa shape index (κ3) is 18.2. The highest BCUT2D eigenvalue weighted by atomic mass is 16.4. The Morgan fingerprint density at radius 3 is 2.07 bits per heavy atom. The van der Waals surface area contributed by atoms with Crippen LogP contribution in [0.1, 0.15) is 66.6 Å². The first-order valence-corrected chi connectivity index (χ1v) is 9.73. The standard InChI is InChI=1S/C23H35NO3/c1-3-4-5-6-7-8-9-10-11-12-13-14-15-16-17-18-19-20-22(25)24-21(2)23(26)27/h11-21H,3-10H2,1-2H3,(H,24,25)(H,26,27)/t21-/m0/s1/i1D. The first-order chi connectivity index (χ1) is 13.6. The van der Waals surface area contributed by atoms with Crippen molar-refractivity contribution < 1.29 is 16.1 Å². The van der Waals surface area contributed by atoms with Crippen molar-refractivity contribution in [3.05, 3.63) is 60.8 Å². The summed E-state index contributed by atoms with van der Waals surface area (Å²) in [5.74, 6) is -1.49. The number of unbranched alkanes of at least 4 members (excludes halogenated alkanes) is 7. The number of amides is 1. The van der Waals surface area contributed by atoms with Gasteiger partial charge < -0.3 is 10.4 Å². The fourth-order valence-electron chi connectivity index (χ4n) is 2.17. The Morgan fingerprint density at radius 2 is 1.44 bits per heavy atom. The second kappa shape index (κ2) is 18.4. The monoisotopic (exact) mass is 374 g/mol. The summed E-state index contributed by atoms with van der Waals surface area (Å²) in [6.45, 7) is 1.98. The summed E-state index contributed by atoms with van der Waals surface area (Å²) in [4.78, 5) is 22.0. The molecular weight excluding hydrogens is 338 g/mol. The van der Waals surface area contributed by atoms with Crippen LogP contribution in [0.4, 0.5) is 0 Å². The molecule has 4 nitrogen and oxygen atoms in total. The van der Waals surface area contributed by atoms with Crippen LogP contribution in [0.2, 0.25) is 0 Å². The Bertz CT molecular complexity index is 562. The molecular formula is C23H35NO3. The lowest BCUT2D eigenvalue weighted by atomic mass is 10.1. The zero-order valence-electron chi connectivity index (χ0n) is 17.5. The van der Waals surface area contributed by atoms with Crippen molar-refractivity contribution in [2.75, 3.05) is 0 Å². The summed E-state index contributed by atoms with van der Waals surface area (Å²) in [6, 6.07) is -0.899. The van der Waals surface area contributed by atoms with Gasteiger partial charge in [-0.25, -0.2) is 0 Å². The fourth-order valence-corrected chi connectivity index (χ4v) is 2.17.